The third-order valence-corrected chi connectivity index (χ3v) is 3.14. The highest BCUT2D eigenvalue weighted by molar-refractivity contribution is 7.99. The van der Waals surface area contributed by atoms with Crippen molar-refractivity contribution in [1.82, 2.24) is 0 Å². The first-order valence-corrected chi connectivity index (χ1v) is 6.46. The van der Waals surface area contributed by atoms with Crippen LogP contribution in [0.15, 0.2) is 28.0 Å². The monoisotopic (exact) mass is 214 g/mol. The topological polar surface area (TPSA) is 9.23 Å². The Hall–Kier alpha value is -0.120. The Morgan fingerprint density at radius 2 is 1.62 bits per heavy atom. The van der Waals surface area contributed by atoms with Crippen LogP contribution in [0.5, 0.6) is 0 Å². The molecule has 0 aliphatic rings. The van der Waals surface area contributed by atoms with E-state index < -0.39 is 0 Å². The molecule has 0 heterocycles. The van der Waals surface area contributed by atoms with E-state index in [1.165, 1.54) is 15.4 Å². The SMILES string of the molecule is COCc1cc(SC)cc(SC)c1. The average molecular weight is 214 g/mol. The molecule has 0 saturated heterocycles. The Labute approximate surface area is 88.3 Å². The lowest BCUT2D eigenvalue weighted by Gasteiger charge is -2.05. The Bertz CT molecular complexity index is 251. The van der Waals surface area contributed by atoms with E-state index in [9.17, 15) is 0 Å². The molecular formula is C10H14OS2. The van der Waals surface area contributed by atoms with Gasteiger partial charge in [0.25, 0.3) is 0 Å². The smallest absolute Gasteiger partial charge is 0.0713 e. The first kappa shape index (κ1) is 11.0. The van der Waals surface area contributed by atoms with Crippen molar-refractivity contribution in [2.75, 3.05) is 19.6 Å². The molecule has 3 heteroatoms. The lowest BCUT2D eigenvalue weighted by Crippen LogP contribution is -1.88. The maximum absolute atomic E-state index is 5.11. The summed E-state index contributed by atoms with van der Waals surface area (Å²) in [5.74, 6) is 0. The Balaban J connectivity index is 2.93. The van der Waals surface area contributed by atoms with Crippen molar-refractivity contribution < 1.29 is 4.74 Å². The summed E-state index contributed by atoms with van der Waals surface area (Å²) in [7, 11) is 1.73. The molecule has 0 bridgehead atoms. The van der Waals surface area contributed by atoms with E-state index in [2.05, 4.69) is 30.7 Å². The molecule has 1 nitrogen and oxygen atoms in total. The van der Waals surface area contributed by atoms with Gasteiger partial charge in [0.05, 0.1) is 6.61 Å². The molecule has 72 valence electrons. The molecule has 0 fully saturated rings. The summed E-state index contributed by atoms with van der Waals surface area (Å²) in [5, 5.41) is 0. The first-order chi connectivity index (χ1) is 6.30. The van der Waals surface area contributed by atoms with Crippen LogP contribution in [-0.4, -0.2) is 19.6 Å². The second kappa shape index (κ2) is 5.58. The molecule has 0 saturated carbocycles. The van der Waals surface area contributed by atoms with Gasteiger partial charge in [-0.25, -0.2) is 0 Å². The zero-order valence-electron chi connectivity index (χ0n) is 8.16. The van der Waals surface area contributed by atoms with Crippen LogP contribution in [0.3, 0.4) is 0 Å². The van der Waals surface area contributed by atoms with Gasteiger partial charge in [0.2, 0.25) is 0 Å². The summed E-state index contributed by atoms with van der Waals surface area (Å²) in [6.07, 6.45) is 4.19. The summed E-state index contributed by atoms with van der Waals surface area (Å²) >= 11 is 3.54. The van der Waals surface area contributed by atoms with Gasteiger partial charge in [-0.2, -0.15) is 0 Å². The van der Waals surface area contributed by atoms with Crippen molar-refractivity contribution in [2.24, 2.45) is 0 Å². The van der Waals surface area contributed by atoms with Crippen LogP contribution >= 0.6 is 23.5 Å². The molecule has 0 amide bonds. The van der Waals surface area contributed by atoms with Crippen molar-refractivity contribution in [3.63, 3.8) is 0 Å². The fraction of sp³-hybridized carbons (Fsp3) is 0.400. The van der Waals surface area contributed by atoms with Crippen LogP contribution in [0.2, 0.25) is 0 Å². The van der Waals surface area contributed by atoms with Crippen LogP contribution in [0.1, 0.15) is 5.56 Å². The number of methoxy groups -OCH3 is 1. The Morgan fingerprint density at radius 1 is 1.08 bits per heavy atom. The van der Waals surface area contributed by atoms with E-state index in [0.717, 1.165) is 0 Å². The van der Waals surface area contributed by atoms with Crippen LogP contribution in [0.25, 0.3) is 0 Å². The fourth-order valence-corrected chi connectivity index (χ4v) is 2.22. The summed E-state index contributed by atoms with van der Waals surface area (Å²) < 4.78 is 5.11. The molecule has 13 heavy (non-hydrogen) atoms. The summed E-state index contributed by atoms with van der Waals surface area (Å²) in [6.45, 7) is 0.696. The average Bonchev–Trinajstić information content (AvgIpc) is 2.17. The highest BCUT2D eigenvalue weighted by Crippen LogP contribution is 2.24. The van der Waals surface area contributed by atoms with E-state index >= 15 is 0 Å². The molecule has 0 radical (unpaired) electrons. The van der Waals surface area contributed by atoms with Crippen molar-refractivity contribution >= 4 is 23.5 Å². The van der Waals surface area contributed by atoms with Crippen LogP contribution < -0.4 is 0 Å². The molecule has 1 aromatic rings. The van der Waals surface area contributed by atoms with E-state index in [1.807, 2.05) is 0 Å². The maximum atomic E-state index is 5.11. The summed E-state index contributed by atoms with van der Waals surface area (Å²) in [6, 6.07) is 6.55. The molecule has 1 rings (SSSR count). The van der Waals surface area contributed by atoms with Gasteiger partial charge in [0, 0.05) is 16.9 Å². The standard InChI is InChI=1S/C10H14OS2/c1-11-7-8-4-9(12-2)6-10(5-8)13-3/h4-6H,7H2,1-3H3. The zero-order valence-corrected chi connectivity index (χ0v) is 9.80. The molecule has 0 aromatic heterocycles. The lowest BCUT2D eigenvalue weighted by atomic mass is 10.2. The molecule has 0 spiro atoms. The fourth-order valence-electron chi connectivity index (χ4n) is 1.12. The Morgan fingerprint density at radius 3 is 2.00 bits per heavy atom. The molecule has 0 N–H and O–H groups in total. The van der Waals surface area contributed by atoms with E-state index in [0.29, 0.717) is 6.61 Å². The lowest BCUT2D eigenvalue weighted by molar-refractivity contribution is 0.184. The van der Waals surface area contributed by atoms with Crippen molar-refractivity contribution in [1.29, 1.82) is 0 Å². The van der Waals surface area contributed by atoms with Gasteiger partial charge in [-0.15, -0.1) is 23.5 Å². The highest BCUT2D eigenvalue weighted by Gasteiger charge is 1.99. The van der Waals surface area contributed by atoms with Crippen LogP contribution in [0.4, 0.5) is 0 Å². The van der Waals surface area contributed by atoms with Crippen molar-refractivity contribution in [3.8, 4) is 0 Å². The van der Waals surface area contributed by atoms with Gasteiger partial charge in [-0.1, -0.05) is 0 Å². The number of rotatable bonds is 4. The van der Waals surface area contributed by atoms with Crippen molar-refractivity contribution in [2.45, 2.75) is 16.4 Å². The molecular weight excluding hydrogens is 200 g/mol. The van der Waals surface area contributed by atoms with Gasteiger partial charge in [0.15, 0.2) is 0 Å². The van der Waals surface area contributed by atoms with Gasteiger partial charge >= 0.3 is 0 Å². The third-order valence-electron chi connectivity index (χ3n) is 1.72. The largest absolute Gasteiger partial charge is 0.380 e. The van der Waals surface area contributed by atoms with Crippen LogP contribution in [-0.2, 0) is 11.3 Å². The first-order valence-electron chi connectivity index (χ1n) is 4.01. The predicted molar refractivity (Wildman–Crippen MR) is 60.7 cm³/mol. The normalized spacial score (nSPS) is 10.4. The second-order valence-corrected chi connectivity index (χ2v) is 4.41. The van der Waals surface area contributed by atoms with E-state index in [1.54, 1.807) is 30.6 Å². The molecule has 0 aliphatic heterocycles. The molecule has 0 unspecified atom stereocenters. The number of thioether (sulfide) groups is 2. The minimum atomic E-state index is 0.696. The summed E-state index contributed by atoms with van der Waals surface area (Å²) in [4.78, 5) is 2.61. The van der Waals surface area contributed by atoms with E-state index in [4.69, 9.17) is 4.74 Å². The number of ether oxygens (including phenoxy) is 1. The summed E-state index contributed by atoms with van der Waals surface area (Å²) in [5.41, 5.74) is 1.25. The quantitative estimate of drug-likeness (QED) is 0.712. The molecule has 0 aliphatic carbocycles. The molecule has 1 aromatic carbocycles. The van der Waals surface area contributed by atoms with Gasteiger partial charge < -0.3 is 4.74 Å². The Kier molecular flexibility index (Phi) is 4.70. The maximum Gasteiger partial charge on any atom is 0.0713 e. The number of benzene rings is 1. The molecule has 0 atom stereocenters. The third kappa shape index (κ3) is 3.25. The van der Waals surface area contributed by atoms with E-state index in [-0.39, 0.29) is 0 Å². The number of hydrogen-bond acceptors (Lipinski definition) is 3. The zero-order chi connectivity index (χ0) is 9.68. The van der Waals surface area contributed by atoms with Gasteiger partial charge in [-0.05, 0) is 36.3 Å². The minimum absolute atomic E-state index is 0.696. The van der Waals surface area contributed by atoms with Gasteiger partial charge in [0.1, 0.15) is 0 Å². The second-order valence-electron chi connectivity index (χ2n) is 2.65. The highest BCUT2D eigenvalue weighted by atomic mass is 32.2. The van der Waals surface area contributed by atoms with Gasteiger partial charge in [-0.3, -0.25) is 0 Å². The van der Waals surface area contributed by atoms with Crippen molar-refractivity contribution in [3.05, 3.63) is 23.8 Å². The predicted octanol–water partition coefficient (Wildman–Crippen LogP) is 3.28. The number of hydrogen-bond donors (Lipinski definition) is 0. The minimum Gasteiger partial charge on any atom is -0.380 e. The van der Waals surface area contributed by atoms with Crippen LogP contribution in [0, 0.1) is 0 Å².